The largest absolute Gasteiger partial charge is 0.507 e. The number of primary amides is 1. The summed E-state index contributed by atoms with van der Waals surface area (Å²) in [6, 6.07) is 4.36. The van der Waals surface area contributed by atoms with E-state index in [2.05, 4.69) is 4.98 Å². The zero-order valence-corrected chi connectivity index (χ0v) is 11.6. The van der Waals surface area contributed by atoms with Crippen molar-refractivity contribution in [1.29, 1.82) is 0 Å². The quantitative estimate of drug-likeness (QED) is 0.666. The van der Waals surface area contributed by atoms with Crippen LogP contribution in [0.2, 0.25) is 5.02 Å². The number of hydrogen-bond donors (Lipinski definition) is 2. The van der Waals surface area contributed by atoms with Gasteiger partial charge in [0.1, 0.15) is 5.75 Å². The molecular weight excluding hydrogens is 298 g/mol. The van der Waals surface area contributed by atoms with E-state index in [0.717, 1.165) is 0 Å². The fraction of sp³-hybridized carbons (Fsp3) is 0.0769. The highest BCUT2D eigenvalue weighted by atomic mass is 35.5. The minimum atomic E-state index is -1.09. The van der Waals surface area contributed by atoms with Crippen LogP contribution in [-0.2, 0) is 0 Å². The molecule has 1 amide bonds. The number of nitrogens with two attached hydrogens (primary N) is 1. The number of halogens is 1. The van der Waals surface area contributed by atoms with Crippen LogP contribution in [0.5, 0.6) is 5.75 Å². The molecule has 8 heteroatoms. The molecule has 108 valence electrons. The Morgan fingerprint density at radius 2 is 2.14 bits per heavy atom. The number of nitro groups is 1. The summed E-state index contributed by atoms with van der Waals surface area (Å²) in [5, 5.41) is 21.5. The van der Waals surface area contributed by atoms with Crippen LogP contribution in [0.1, 0.15) is 15.9 Å². The number of aryl methyl sites for hydroxylation is 1. The maximum absolute atomic E-state index is 11.5. The minimum Gasteiger partial charge on any atom is -0.507 e. The Morgan fingerprint density at radius 3 is 2.62 bits per heavy atom. The van der Waals surface area contributed by atoms with Gasteiger partial charge in [-0.2, -0.15) is 0 Å². The van der Waals surface area contributed by atoms with E-state index in [9.17, 15) is 20.0 Å². The minimum absolute atomic E-state index is 0.0840. The van der Waals surface area contributed by atoms with Crippen LogP contribution < -0.4 is 5.73 Å². The number of hydrogen-bond acceptors (Lipinski definition) is 5. The average molecular weight is 308 g/mol. The molecular formula is C13H10ClN3O4. The van der Waals surface area contributed by atoms with Crippen LogP contribution in [0.15, 0.2) is 24.4 Å². The first-order valence-corrected chi connectivity index (χ1v) is 6.13. The number of rotatable bonds is 3. The zero-order valence-electron chi connectivity index (χ0n) is 10.8. The van der Waals surface area contributed by atoms with Crippen molar-refractivity contribution in [3.8, 4) is 17.0 Å². The molecule has 1 heterocycles. The summed E-state index contributed by atoms with van der Waals surface area (Å²) in [4.78, 5) is 26.0. The van der Waals surface area contributed by atoms with Crippen LogP contribution in [0, 0.1) is 17.0 Å². The SMILES string of the molecule is Cc1cc(-c2ccc(Cl)cn2)c([N+](=O)[O-])c(C(N)=O)c1O. The molecule has 1 aromatic carbocycles. The van der Waals surface area contributed by atoms with Gasteiger partial charge in [-0.05, 0) is 30.7 Å². The van der Waals surface area contributed by atoms with Crippen LogP contribution in [0.25, 0.3) is 11.3 Å². The first kappa shape index (κ1) is 14.7. The van der Waals surface area contributed by atoms with Crippen molar-refractivity contribution in [3.05, 3.63) is 50.7 Å². The summed E-state index contributed by atoms with van der Waals surface area (Å²) in [7, 11) is 0. The van der Waals surface area contributed by atoms with Gasteiger partial charge in [-0.1, -0.05) is 11.6 Å². The molecule has 0 aliphatic carbocycles. The Kier molecular flexibility index (Phi) is 3.77. The molecule has 0 atom stereocenters. The molecule has 0 saturated heterocycles. The van der Waals surface area contributed by atoms with Crippen molar-refractivity contribution in [2.45, 2.75) is 6.92 Å². The first-order valence-electron chi connectivity index (χ1n) is 5.75. The maximum atomic E-state index is 11.5. The van der Waals surface area contributed by atoms with Gasteiger partial charge in [0.05, 0.1) is 21.2 Å². The van der Waals surface area contributed by atoms with E-state index in [1.807, 2.05) is 0 Å². The molecule has 0 bridgehead atoms. The van der Waals surface area contributed by atoms with Gasteiger partial charge in [0.25, 0.3) is 11.6 Å². The Labute approximate surface area is 124 Å². The predicted molar refractivity (Wildman–Crippen MR) is 76.3 cm³/mol. The fourth-order valence-corrected chi connectivity index (χ4v) is 2.06. The lowest BCUT2D eigenvalue weighted by molar-refractivity contribution is -0.384. The van der Waals surface area contributed by atoms with Gasteiger partial charge in [-0.3, -0.25) is 19.9 Å². The van der Waals surface area contributed by atoms with Gasteiger partial charge in [0.15, 0.2) is 5.56 Å². The third kappa shape index (κ3) is 2.63. The number of aromatic nitrogens is 1. The monoisotopic (exact) mass is 307 g/mol. The number of pyridine rings is 1. The van der Waals surface area contributed by atoms with E-state index >= 15 is 0 Å². The molecule has 0 saturated carbocycles. The van der Waals surface area contributed by atoms with Crippen molar-refractivity contribution >= 4 is 23.2 Å². The number of carbonyl (C=O) groups is 1. The highest BCUT2D eigenvalue weighted by Crippen LogP contribution is 2.39. The summed E-state index contributed by atoms with van der Waals surface area (Å²) in [5.41, 5.74) is 4.64. The predicted octanol–water partition coefficient (Wildman–Crippen LogP) is 2.42. The Hall–Kier alpha value is -2.67. The van der Waals surface area contributed by atoms with Gasteiger partial charge in [-0.25, -0.2) is 0 Å². The topological polar surface area (TPSA) is 119 Å². The second-order valence-electron chi connectivity index (χ2n) is 4.30. The van der Waals surface area contributed by atoms with Crippen molar-refractivity contribution in [1.82, 2.24) is 4.98 Å². The highest BCUT2D eigenvalue weighted by molar-refractivity contribution is 6.30. The number of aromatic hydroxyl groups is 1. The van der Waals surface area contributed by atoms with E-state index in [-0.39, 0.29) is 16.8 Å². The summed E-state index contributed by atoms with van der Waals surface area (Å²) >= 11 is 5.73. The van der Waals surface area contributed by atoms with Crippen molar-refractivity contribution in [2.75, 3.05) is 0 Å². The second-order valence-corrected chi connectivity index (χ2v) is 4.73. The van der Waals surface area contributed by atoms with Crippen molar-refractivity contribution in [3.63, 3.8) is 0 Å². The van der Waals surface area contributed by atoms with Gasteiger partial charge in [0, 0.05) is 6.20 Å². The van der Waals surface area contributed by atoms with Crippen molar-refractivity contribution < 1.29 is 14.8 Å². The van der Waals surface area contributed by atoms with E-state index < -0.39 is 27.8 Å². The molecule has 0 unspecified atom stereocenters. The lowest BCUT2D eigenvalue weighted by Crippen LogP contribution is -2.15. The third-order valence-electron chi connectivity index (χ3n) is 2.90. The molecule has 7 nitrogen and oxygen atoms in total. The van der Waals surface area contributed by atoms with E-state index in [1.165, 1.54) is 31.3 Å². The molecule has 2 aromatic rings. The number of benzene rings is 1. The number of amides is 1. The molecule has 2 rings (SSSR count). The summed E-state index contributed by atoms with van der Waals surface area (Å²) in [5.74, 6) is -1.59. The molecule has 0 aliphatic heterocycles. The normalized spacial score (nSPS) is 10.4. The van der Waals surface area contributed by atoms with Crippen LogP contribution in [0.4, 0.5) is 5.69 Å². The van der Waals surface area contributed by atoms with Crippen molar-refractivity contribution in [2.24, 2.45) is 5.73 Å². The van der Waals surface area contributed by atoms with Crippen LogP contribution in [-0.4, -0.2) is 20.9 Å². The van der Waals surface area contributed by atoms with Gasteiger partial charge in [-0.15, -0.1) is 0 Å². The highest BCUT2D eigenvalue weighted by Gasteiger charge is 2.29. The zero-order chi connectivity index (χ0) is 15.7. The molecule has 0 radical (unpaired) electrons. The molecule has 21 heavy (non-hydrogen) atoms. The number of carbonyl (C=O) groups excluding carboxylic acids is 1. The number of nitro benzene ring substituents is 1. The molecule has 0 aliphatic rings. The first-order chi connectivity index (χ1) is 9.82. The standard InChI is InChI=1S/C13H10ClN3O4/c1-6-4-8(9-3-2-7(14)5-16-9)11(17(20)21)10(12(6)18)13(15)19/h2-5,18H,1H3,(H2,15,19). The summed E-state index contributed by atoms with van der Waals surface area (Å²) in [6.07, 6.45) is 1.33. The number of phenols is 1. The van der Waals surface area contributed by atoms with Gasteiger partial charge >= 0.3 is 0 Å². The maximum Gasteiger partial charge on any atom is 0.295 e. The lowest BCUT2D eigenvalue weighted by Gasteiger charge is -2.10. The molecule has 0 fully saturated rings. The second kappa shape index (κ2) is 5.37. The smallest absolute Gasteiger partial charge is 0.295 e. The van der Waals surface area contributed by atoms with Gasteiger partial charge < -0.3 is 10.8 Å². The molecule has 0 spiro atoms. The number of nitrogens with zero attached hydrogens (tertiary/aromatic N) is 2. The lowest BCUT2D eigenvalue weighted by atomic mass is 9.98. The van der Waals surface area contributed by atoms with Gasteiger partial charge in [0.2, 0.25) is 0 Å². The Morgan fingerprint density at radius 1 is 1.48 bits per heavy atom. The van der Waals surface area contributed by atoms with Crippen LogP contribution in [0.3, 0.4) is 0 Å². The van der Waals surface area contributed by atoms with E-state index in [1.54, 1.807) is 0 Å². The fourth-order valence-electron chi connectivity index (χ4n) is 1.95. The average Bonchev–Trinajstić information content (AvgIpc) is 2.41. The van der Waals surface area contributed by atoms with Crippen LogP contribution >= 0.6 is 11.6 Å². The summed E-state index contributed by atoms with van der Waals surface area (Å²) in [6.45, 7) is 1.50. The molecule has 3 N–H and O–H groups in total. The third-order valence-corrected chi connectivity index (χ3v) is 3.12. The van der Waals surface area contributed by atoms with E-state index in [4.69, 9.17) is 17.3 Å². The van der Waals surface area contributed by atoms with E-state index in [0.29, 0.717) is 5.02 Å². The Balaban J connectivity index is 2.85. The Bertz CT molecular complexity index is 744. The summed E-state index contributed by atoms with van der Waals surface area (Å²) < 4.78 is 0. The molecule has 1 aromatic heterocycles.